The molecule has 0 aliphatic carbocycles. The number of hydrogen-bond donors (Lipinski definition) is 2. The normalized spacial score (nSPS) is 12.2. The third-order valence-corrected chi connectivity index (χ3v) is 5.06. The molecule has 1 amide bonds. The van der Waals surface area contributed by atoms with Gasteiger partial charge >= 0.3 is 5.97 Å². The van der Waals surface area contributed by atoms with Crippen LogP contribution in [0.25, 0.3) is 0 Å². The molecule has 2 rings (SSSR count). The summed E-state index contributed by atoms with van der Waals surface area (Å²) in [6.07, 6.45) is 0.663. The number of carbonyl (C=O) groups excluding carboxylic acids is 2. The number of ether oxygens (including phenoxy) is 2. The Bertz CT molecular complexity index is 930. The lowest BCUT2D eigenvalue weighted by Gasteiger charge is -2.22. The maximum absolute atomic E-state index is 12.7. The van der Waals surface area contributed by atoms with Crippen LogP contribution in [0.15, 0.2) is 36.4 Å². The monoisotopic (exact) mass is 427 g/mol. The molecule has 1 unspecified atom stereocenters. The highest BCUT2D eigenvalue weighted by molar-refractivity contribution is 5.79. The minimum atomic E-state index is -0.613. The summed E-state index contributed by atoms with van der Waals surface area (Å²) in [5.74, 6) is -0.173. The van der Waals surface area contributed by atoms with Crippen molar-refractivity contribution in [2.75, 3.05) is 13.7 Å². The highest BCUT2D eigenvalue weighted by atomic mass is 16.5. The number of rotatable bonds is 8. The Kier molecular flexibility index (Phi) is 8.08. The zero-order chi connectivity index (χ0) is 23.2. The molecule has 0 spiro atoms. The minimum absolute atomic E-state index is 0.0216. The third-order valence-electron chi connectivity index (χ3n) is 5.06. The lowest BCUT2D eigenvalue weighted by atomic mass is 9.97. The number of esters is 1. The maximum Gasteiger partial charge on any atom is 0.311 e. The summed E-state index contributed by atoms with van der Waals surface area (Å²) in [4.78, 5) is 24.9. The minimum Gasteiger partial charge on any atom is -0.504 e. The first-order chi connectivity index (χ1) is 14.5. The van der Waals surface area contributed by atoms with E-state index in [1.54, 1.807) is 32.9 Å². The Hall–Kier alpha value is -3.02. The maximum atomic E-state index is 12.7. The number of benzene rings is 2. The molecule has 0 heterocycles. The van der Waals surface area contributed by atoms with E-state index in [1.165, 1.54) is 24.3 Å². The van der Waals surface area contributed by atoms with E-state index in [1.807, 2.05) is 19.1 Å². The van der Waals surface area contributed by atoms with Crippen molar-refractivity contribution in [3.05, 3.63) is 58.7 Å². The average Bonchev–Trinajstić information content (AvgIpc) is 2.69. The Morgan fingerprint density at radius 2 is 1.71 bits per heavy atom. The van der Waals surface area contributed by atoms with Crippen molar-refractivity contribution >= 4 is 11.9 Å². The quantitative estimate of drug-likeness (QED) is 0.625. The van der Waals surface area contributed by atoms with E-state index in [-0.39, 0.29) is 36.7 Å². The van der Waals surface area contributed by atoms with Gasteiger partial charge in [-0.1, -0.05) is 24.3 Å². The number of amides is 1. The summed E-state index contributed by atoms with van der Waals surface area (Å²) in [5.41, 5.74) is 3.53. The Labute approximate surface area is 184 Å². The number of nitrogens with one attached hydrogen (secondary N) is 1. The lowest BCUT2D eigenvalue weighted by molar-refractivity contribution is -0.154. The predicted octanol–water partition coefficient (Wildman–Crippen LogP) is 3.88. The van der Waals surface area contributed by atoms with Crippen molar-refractivity contribution < 1.29 is 24.2 Å². The van der Waals surface area contributed by atoms with E-state index in [0.717, 1.165) is 5.56 Å². The first-order valence-electron chi connectivity index (χ1n) is 10.4. The molecule has 0 bridgehead atoms. The average molecular weight is 428 g/mol. The van der Waals surface area contributed by atoms with Crippen LogP contribution in [0.3, 0.4) is 0 Å². The molecular formula is C25H33NO5. The van der Waals surface area contributed by atoms with Gasteiger partial charge in [0.05, 0.1) is 25.0 Å². The first kappa shape index (κ1) is 24.3. The second-order valence-electron chi connectivity index (χ2n) is 8.92. The van der Waals surface area contributed by atoms with Gasteiger partial charge in [-0.15, -0.1) is 0 Å². The molecular weight excluding hydrogens is 394 g/mol. The van der Waals surface area contributed by atoms with E-state index < -0.39 is 5.41 Å². The molecule has 2 aromatic carbocycles. The van der Waals surface area contributed by atoms with Crippen LogP contribution in [0.2, 0.25) is 0 Å². The summed E-state index contributed by atoms with van der Waals surface area (Å²) in [6, 6.07) is 10.6. The molecule has 0 fully saturated rings. The molecule has 0 aromatic heterocycles. The van der Waals surface area contributed by atoms with Gasteiger partial charge < -0.3 is 19.9 Å². The zero-order valence-electron chi connectivity index (χ0n) is 19.2. The van der Waals surface area contributed by atoms with Crippen LogP contribution in [-0.2, 0) is 27.2 Å². The Morgan fingerprint density at radius 3 is 2.32 bits per heavy atom. The molecule has 1 atom stereocenters. The molecule has 0 saturated carbocycles. The number of phenols is 1. The topological polar surface area (TPSA) is 84.9 Å². The second kappa shape index (κ2) is 10.3. The fourth-order valence-corrected chi connectivity index (χ4v) is 3.06. The van der Waals surface area contributed by atoms with Crippen molar-refractivity contribution in [3.63, 3.8) is 0 Å². The van der Waals surface area contributed by atoms with Gasteiger partial charge in [0.25, 0.3) is 0 Å². The highest BCUT2D eigenvalue weighted by Gasteiger charge is 2.25. The van der Waals surface area contributed by atoms with E-state index >= 15 is 0 Å². The van der Waals surface area contributed by atoms with Crippen LogP contribution in [0.5, 0.6) is 11.5 Å². The molecule has 0 aliphatic rings. The van der Waals surface area contributed by atoms with Crippen LogP contribution in [-0.4, -0.2) is 36.7 Å². The number of aromatic hydroxyl groups is 1. The fourth-order valence-electron chi connectivity index (χ4n) is 3.06. The molecule has 6 nitrogen and oxygen atoms in total. The molecule has 0 aliphatic heterocycles. The van der Waals surface area contributed by atoms with Crippen molar-refractivity contribution in [1.29, 1.82) is 0 Å². The van der Waals surface area contributed by atoms with Crippen LogP contribution in [0, 0.1) is 19.3 Å². The number of methoxy groups -OCH3 is 1. The second-order valence-corrected chi connectivity index (χ2v) is 8.92. The van der Waals surface area contributed by atoms with Gasteiger partial charge in [0.1, 0.15) is 6.61 Å². The van der Waals surface area contributed by atoms with Crippen LogP contribution in [0.4, 0.5) is 0 Å². The van der Waals surface area contributed by atoms with Crippen molar-refractivity contribution in [2.24, 2.45) is 5.41 Å². The lowest BCUT2D eigenvalue weighted by Crippen LogP contribution is -2.42. The zero-order valence-corrected chi connectivity index (χ0v) is 19.2. The van der Waals surface area contributed by atoms with Gasteiger partial charge in [-0.2, -0.15) is 0 Å². The van der Waals surface area contributed by atoms with Gasteiger partial charge in [-0.25, -0.2) is 0 Å². The highest BCUT2D eigenvalue weighted by Crippen LogP contribution is 2.26. The van der Waals surface area contributed by atoms with E-state index in [2.05, 4.69) is 18.3 Å². The SMILES string of the molecule is COc1cc(CC(=O)NC(COC(=O)C(C)(C)C)Cc2ccc(C)c(C)c2)ccc1O. The fraction of sp³-hybridized carbons (Fsp3) is 0.440. The molecule has 0 radical (unpaired) electrons. The largest absolute Gasteiger partial charge is 0.504 e. The van der Waals surface area contributed by atoms with Crippen LogP contribution >= 0.6 is 0 Å². The smallest absolute Gasteiger partial charge is 0.311 e. The van der Waals surface area contributed by atoms with E-state index in [9.17, 15) is 14.7 Å². The summed E-state index contributed by atoms with van der Waals surface area (Å²) in [6.45, 7) is 9.58. The van der Waals surface area contributed by atoms with E-state index in [4.69, 9.17) is 9.47 Å². The van der Waals surface area contributed by atoms with Gasteiger partial charge in [0.15, 0.2) is 11.5 Å². The summed E-state index contributed by atoms with van der Waals surface area (Å²) in [5, 5.41) is 12.7. The number of carbonyl (C=O) groups is 2. The van der Waals surface area contributed by atoms with Gasteiger partial charge in [0, 0.05) is 0 Å². The number of hydrogen-bond acceptors (Lipinski definition) is 5. The standard InChI is InChI=1S/C25H33NO5/c1-16-7-8-18(11-17(16)2)12-20(15-31-24(29)25(3,4)5)26-23(28)14-19-9-10-21(27)22(13-19)30-6/h7-11,13,20,27H,12,14-15H2,1-6H3,(H,26,28). The number of aryl methyl sites for hydroxylation is 2. The Balaban J connectivity index is 2.11. The summed E-state index contributed by atoms with van der Waals surface area (Å²) >= 11 is 0. The third kappa shape index (κ3) is 7.31. The van der Waals surface area contributed by atoms with Crippen molar-refractivity contribution in [3.8, 4) is 11.5 Å². The van der Waals surface area contributed by atoms with Crippen molar-refractivity contribution in [1.82, 2.24) is 5.32 Å². The summed E-state index contributed by atoms with van der Waals surface area (Å²) in [7, 11) is 1.46. The number of phenolic OH excluding ortho intramolecular Hbond substituents is 1. The Morgan fingerprint density at radius 1 is 1.03 bits per heavy atom. The van der Waals surface area contributed by atoms with E-state index in [0.29, 0.717) is 17.7 Å². The molecule has 2 N–H and O–H groups in total. The predicted molar refractivity (Wildman–Crippen MR) is 120 cm³/mol. The van der Waals surface area contributed by atoms with Gasteiger partial charge in [-0.05, 0) is 75.4 Å². The van der Waals surface area contributed by atoms with Crippen molar-refractivity contribution in [2.45, 2.75) is 53.5 Å². The van der Waals surface area contributed by atoms with Gasteiger partial charge in [0.2, 0.25) is 5.91 Å². The van der Waals surface area contributed by atoms with Crippen LogP contribution in [0.1, 0.15) is 43.0 Å². The summed E-state index contributed by atoms with van der Waals surface area (Å²) < 4.78 is 10.6. The molecule has 168 valence electrons. The molecule has 31 heavy (non-hydrogen) atoms. The molecule has 0 saturated heterocycles. The van der Waals surface area contributed by atoms with Gasteiger partial charge in [-0.3, -0.25) is 9.59 Å². The molecule has 6 heteroatoms. The first-order valence-corrected chi connectivity index (χ1v) is 10.4. The van der Waals surface area contributed by atoms with Crippen LogP contribution < -0.4 is 10.1 Å². The molecule has 2 aromatic rings.